The molecule has 0 amide bonds. The summed E-state index contributed by atoms with van der Waals surface area (Å²) in [6.07, 6.45) is -39.8. The quantitative estimate of drug-likeness (QED) is 0.345. The van der Waals surface area contributed by atoms with Crippen molar-refractivity contribution in [2.45, 2.75) is 36.8 Å². The molecule has 0 aromatic rings. The van der Waals surface area contributed by atoms with Gasteiger partial charge in [0, 0.05) is 0 Å². The van der Waals surface area contributed by atoms with Crippen LogP contribution in [0.25, 0.3) is 0 Å². The Balaban J connectivity index is 5.09. The van der Waals surface area contributed by atoms with Crippen LogP contribution >= 0.6 is 0 Å². The lowest BCUT2D eigenvalue weighted by molar-refractivity contribution is -0.458. The zero-order chi connectivity index (χ0) is 23.0. The lowest BCUT2D eigenvalue weighted by Gasteiger charge is -2.24. The number of alkyl halides is 14. The Morgan fingerprint density at radius 1 is 0.464 bits per heavy atom. The number of halogens is 14. The molecule has 0 heterocycles. The van der Waals surface area contributed by atoms with E-state index in [1.165, 1.54) is 0 Å². The molecule has 0 aliphatic rings. The van der Waals surface area contributed by atoms with Crippen molar-refractivity contribution in [2.75, 3.05) is 0 Å². The molecule has 0 fully saturated rings. The van der Waals surface area contributed by atoms with E-state index in [9.17, 15) is 71.1 Å². The molecule has 0 unspecified atom stereocenters. The van der Waals surface area contributed by atoms with Gasteiger partial charge in [0.25, 0.3) is 0 Å². The van der Waals surface area contributed by atoms with Crippen LogP contribution < -0.4 is 0 Å². The van der Waals surface area contributed by atoms with Gasteiger partial charge in [0.05, 0.1) is 0 Å². The summed E-state index contributed by atoms with van der Waals surface area (Å²) in [4.78, 5) is 25.6. The van der Waals surface area contributed by atoms with E-state index < -0.39 is 48.7 Å². The van der Waals surface area contributed by atoms with E-state index in [2.05, 4.69) is 9.78 Å². The van der Waals surface area contributed by atoms with E-state index in [1.54, 1.807) is 9.47 Å². The summed E-state index contributed by atoms with van der Waals surface area (Å²) in [6, 6.07) is 0. The standard InChI is InChI=1S/C8F14O6/c9-3(10,27-7(19,20)5(13,14)15)1(23)25-26-2(24)4(11,12)28-8(21,22)6(16,17)18. The Hall–Kier alpha value is -2.12. The minimum Gasteiger partial charge on any atom is -0.238 e. The fourth-order valence-electron chi connectivity index (χ4n) is 0.694. The number of hydrogen-bond acceptors (Lipinski definition) is 6. The molecule has 0 rings (SSSR count). The van der Waals surface area contributed by atoms with Gasteiger partial charge < -0.3 is 0 Å². The Bertz CT molecular complexity index is 540. The molecule has 28 heavy (non-hydrogen) atoms. The van der Waals surface area contributed by atoms with Gasteiger partial charge in [-0.1, -0.05) is 0 Å². The first-order valence-electron chi connectivity index (χ1n) is 5.45. The maximum atomic E-state index is 12.7. The second-order valence-corrected chi connectivity index (χ2v) is 4.01. The molecule has 6 nitrogen and oxygen atoms in total. The number of ether oxygens (including phenoxy) is 2. The van der Waals surface area contributed by atoms with E-state index >= 15 is 0 Å². The normalized spacial score (nSPS) is 14.6. The summed E-state index contributed by atoms with van der Waals surface area (Å²) in [6.45, 7) is 0. The zero-order valence-corrected chi connectivity index (χ0v) is 11.7. The van der Waals surface area contributed by atoms with Gasteiger partial charge in [-0.25, -0.2) is 28.8 Å². The lowest BCUT2D eigenvalue weighted by Crippen LogP contribution is -2.49. The van der Waals surface area contributed by atoms with Crippen molar-refractivity contribution in [2.24, 2.45) is 0 Å². The Morgan fingerprint density at radius 2 is 0.679 bits per heavy atom. The summed E-state index contributed by atoms with van der Waals surface area (Å²) in [7, 11) is 0. The van der Waals surface area contributed by atoms with E-state index in [-0.39, 0.29) is 0 Å². The highest BCUT2D eigenvalue weighted by Gasteiger charge is 2.68. The average Bonchev–Trinajstić information content (AvgIpc) is 2.39. The van der Waals surface area contributed by atoms with Gasteiger partial charge in [-0.05, 0) is 0 Å². The highest BCUT2D eigenvalue weighted by molar-refractivity contribution is 5.79. The molecule has 166 valence electrons. The second kappa shape index (κ2) is 7.37. The van der Waals surface area contributed by atoms with Gasteiger partial charge in [0.15, 0.2) is 0 Å². The van der Waals surface area contributed by atoms with Crippen molar-refractivity contribution >= 4 is 11.9 Å². The van der Waals surface area contributed by atoms with E-state index in [0.29, 0.717) is 0 Å². The third kappa shape index (κ3) is 6.21. The molecule has 0 aliphatic carbocycles. The van der Waals surface area contributed by atoms with Crippen LogP contribution in [0.5, 0.6) is 0 Å². The van der Waals surface area contributed by atoms with Crippen LogP contribution in [0.15, 0.2) is 0 Å². The van der Waals surface area contributed by atoms with Gasteiger partial charge in [0.1, 0.15) is 0 Å². The predicted molar refractivity (Wildman–Crippen MR) is 46.3 cm³/mol. The van der Waals surface area contributed by atoms with Crippen LogP contribution in [-0.2, 0) is 28.8 Å². The van der Waals surface area contributed by atoms with Gasteiger partial charge in [-0.3, -0.25) is 0 Å². The molecule has 0 saturated heterocycles. The molecule has 0 bridgehead atoms. The fraction of sp³-hybridized carbons (Fsp3) is 0.750. The zero-order valence-electron chi connectivity index (χ0n) is 11.7. The smallest absolute Gasteiger partial charge is 0.238 e. The van der Waals surface area contributed by atoms with E-state index in [1.807, 2.05) is 0 Å². The van der Waals surface area contributed by atoms with Crippen LogP contribution in [-0.4, -0.2) is 48.7 Å². The van der Waals surface area contributed by atoms with Crippen molar-refractivity contribution in [3.63, 3.8) is 0 Å². The molecule has 0 N–H and O–H groups in total. The van der Waals surface area contributed by atoms with Crippen molar-refractivity contribution in [1.82, 2.24) is 0 Å². The third-order valence-corrected chi connectivity index (χ3v) is 1.84. The number of hydrogen-bond donors (Lipinski definition) is 0. The Morgan fingerprint density at radius 3 is 0.857 bits per heavy atom. The van der Waals surface area contributed by atoms with Crippen molar-refractivity contribution in [3.8, 4) is 0 Å². The molecule has 0 aromatic carbocycles. The van der Waals surface area contributed by atoms with Gasteiger partial charge in [0.2, 0.25) is 0 Å². The minimum absolute atomic E-state index is 1.75. The SMILES string of the molecule is O=C(OOC(=O)C(F)(F)OC(F)(F)C(F)(F)F)C(F)(F)OC(F)(F)C(F)(F)F. The Labute approximate surface area is 140 Å². The molecular weight excluding hydrogens is 458 g/mol. The minimum atomic E-state index is -6.84. The number of carbonyl (C=O) groups excluding carboxylic acids is 2. The van der Waals surface area contributed by atoms with Crippen LogP contribution in [0.1, 0.15) is 0 Å². The third-order valence-electron chi connectivity index (χ3n) is 1.84. The summed E-state index contributed by atoms with van der Waals surface area (Å²) in [5.74, 6) is -7.69. The number of carbonyl (C=O) groups is 2. The first-order valence-corrected chi connectivity index (χ1v) is 5.45. The van der Waals surface area contributed by atoms with Crippen LogP contribution in [0.2, 0.25) is 0 Å². The van der Waals surface area contributed by atoms with Crippen LogP contribution in [0, 0.1) is 0 Å². The monoisotopic (exact) mass is 458 g/mol. The van der Waals surface area contributed by atoms with Gasteiger partial charge >= 0.3 is 48.7 Å². The predicted octanol–water partition coefficient (Wildman–Crippen LogP) is 3.52. The molecule has 0 radical (unpaired) electrons. The maximum absolute atomic E-state index is 12.7. The molecule has 0 atom stereocenters. The van der Waals surface area contributed by atoms with Crippen molar-refractivity contribution < 1.29 is 90.3 Å². The molecule has 0 aromatic heterocycles. The molecule has 0 aliphatic heterocycles. The summed E-state index contributed by atoms with van der Waals surface area (Å²) in [5, 5.41) is 0. The molecular formula is C8F14O6. The highest BCUT2D eigenvalue weighted by atomic mass is 19.4. The molecule has 20 heteroatoms. The van der Waals surface area contributed by atoms with Crippen LogP contribution in [0.3, 0.4) is 0 Å². The van der Waals surface area contributed by atoms with Crippen LogP contribution in [0.4, 0.5) is 61.5 Å². The topological polar surface area (TPSA) is 71.1 Å². The maximum Gasteiger partial charge on any atom is 0.483 e. The van der Waals surface area contributed by atoms with E-state index in [4.69, 9.17) is 0 Å². The highest BCUT2D eigenvalue weighted by Crippen LogP contribution is 2.42. The second-order valence-electron chi connectivity index (χ2n) is 4.01. The number of rotatable bonds is 6. The van der Waals surface area contributed by atoms with Gasteiger partial charge in [-0.15, -0.1) is 0 Å². The largest absolute Gasteiger partial charge is 0.483 e. The first-order chi connectivity index (χ1) is 12.0. The fourth-order valence-corrected chi connectivity index (χ4v) is 0.694. The summed E-state index contributed by atoms with van der Waals surface area (Å²) >= 11 is 0. The lowest BCUT2D eigenvalue weighted by atomic mass is 10.5. The van der Waals surface area contributed by atoms with Crippen molar-refractivity contribution in [3.05, 3.63) is 0 Å². The summed E-state index contributed by atoms with van der Waals surface area (Å²) < 4.78 is 173. The Kier molecular flexibility index (Phi) is 6.81. The molecule has 0 saturated carbocycles. The molecule has 0 spiro atoms. The summed E-state index contributed by atoms with van der Waals surface area (Å²) in [5.41, 5.74) is 0. The first kappa shape index (κ1) is 25.9. The average molecular weight is 458 g/mol. The van der Waals surface area contributed by atoms with Crippen molar-refractivity contribution in [1.29, 1.82) is 0 Å². The van der Waals surface area contributed by atoms with E-state index in [0.717, 1.165) is 0 Å². The van der Waals surface area contributed by atoms with Gasteiger partial charge in [-0.2, -0.15) is 61.5 Å².